The Kier molecular flexibility index (Phi) is 4.63. The molecule has 1 aliphatic heterocycles. The SMILES string of the molecule is O=c1c2cnc3nc(-c4ccc5c(c4)OCCO5)nn3c2ccn1CCC1=CCCCC1. The van der Waals surface area contributed by atoms with Crippen molar-refractivity contribution in [1.29, 1.82) is 0 Å². The van der Waals surface area contributed by atoms with E-state index < -0.39 is 0 Å². The summed E-state index contributed by atoms with van der Waals surface area (Å²) < 4.78 is 14.7. The molecule has 8 nitrogen and oxygen atoms in total. The minimum absolute atomic E-state index is 0.0512. The molecule has 32 heavy (non-hydrogen) atoms. The summed E-state index contributed by atoms with van der Waals surface area (Å²) in [6, 6.07) is 7.56. The van der Waals surface area contributed by atoms with Crippen LogP contribution in [0.5, 0.6) is 11.5 Å². The van der Waals surface area contributed by atoms with Crippen LogP contribution in [0.25, 0.3) is 28.1 Å². The highest BCUT2D eigenvalue weighted by molar-refractivity contribution is 5.79. The van der Waals surface area contributed by atoms with E-state index in [4.69, 9.17) is 9.47 Å². The number of allylic oxidation sites excluding steroid dienone is 2. The molecule has 1 aromatic carbocycles. The highest BCUT2D eigenvalue weighted by atomic mass is 16.6. The maximum absolute atomic E-state index is 13.1. The van der Waals surface area contributed by atoms with Gasteiger partial charge in [-0.05, 0) is 56.4 Å². The topological polar surface area (TPSA) is 83.5 Å². The number of rotatable bonds is 4. The Morgan fingerprint density at radius 1 is 1.06 bits per heavy atom. The average molecular weight is 429 g/mol. The highest BCUT2D eigenvalue weighted by Crippen LogP contribution is 2.33. The number of fused-ring (bicyclic) bond motifs is 4. The van der Waals surface area contributed by atoms with Gasteiger partial charge in [-0.1, -0.05) is 11.6 Å². The fourth-order valence-corrected chi connectivity index (χ4v) is 4.44. The van der Waals surface area contributed by atoms with Gasteiger partial charge in [0.2, 0.25) is 0 Å². The van der Waals surface area contributed by atoms with Crippen LogP contribution in [-0.2, 0) is 6.54 Å². The summed E-state index contributed by atoms with van der Waals surface area (Å²) in [5, 5.41) is 5.18. The van der Waals surface area contributed by atoms with Gasteiger partial charge >= 0.3 is 0 Å². The normalized spacial score (nSPS) is 15.8. The molecule has 0 bridgehead atoms. The molecule has 0 unspecified atom stereocenters. The quantitative estimate of drug-likeness (QED) is 0.459. The van der Waals surface area contributed by atoms with Crippen molar-refractivity contribution < 1.29 is 9.47 Å². The largest absolute Gasteiger partial charge is 0.486 e. The summed E-state index contributed by atoms with van der Waals surface area (Å²) in [5.74, 6) is 2.38. The van der Waals surface area contributed by atoms with Gasteiger partial charge in [0.25, 0.3) is 11.3 Å². The van der Waals surface area contributed by atoms with E-state index in [1.165, 1.54) is 18.4 Å². The minimum atomic E-state index is -0.0512. The number of aromatic nitrogens is 5. The van der Waals surface area contributed by atoms with Crippen LogP contribution in [0.3, 0.4) is 0 Å². The Labute approximate surface area is 184 Å². The van der Waals surface area contributed by atoms with Crippen molar-refractivity contribution in [3.63, 3.8) is 0 Å². The standard InChI is InChI=1S/C24H23N5O3/c30-23-18-15-25-24-26-22(17-6-7-20-21(14-17)32-13-12-31-20)27-29(24)19(18)9-11-28(23)10-8-16-4-2-1-3-5-16/h4,6-7,9,11,14-15H,1-3,5,8,10,12-13H2. The Hall–Kier alpha value is -3.68. The van der Waals surface area contributed by atoms with E-state index in [-0.39, 0.29) is 5.56 Å². The lowest BCUT2D eigenvalue weighted by molar-refractivity contribution is 0.171. The average Bonchev–Trinajstić information content (AvgIpc) is 3.29. The summed E-state index contributed by atoms with van der Waals surface area (Å²) in [6.07, 6.45) is 11.5. The first-order chi connectivity index (χ1) is 15.8. The molecule has 8 heteroatoms. The monoisotopic (exact) mass is 429 g/mol. The van der Waals surface area contributed by atoms with E-state index in [2.05, 4.69) is 21.1 Å². The Morgan fingerprint density at radius 3 is 2.84 bits per heavy atom. The fourth-order valence-electron chi connectivity index (χ4n) is 4.44. The van der Waals surface area contributed by atoms with Gasteiger partial charge in [-0.2, -0.15) is 9.50 Å². The van der Waals surface area contributed by atoms with Gasteiger partial charge in [-0.3, -0.25) is 4.79 Å². The van der Waals surface area contributed by atoms with Gasteiger partial charge in [-0.25, -0.2) is 4.98 Å². The van der Waals surface area contributed by atoms with Crippen LogP contribution in [0.15, 0.2) is 53.1 Å². The van der Waals surface area contributed by atoms with Crippen molar-refractivity contribution >= 4 is 16.7 Å². The van der Waals surface area contributed by atoms with Gasteiger partial charge in [0, 0.05) is 24.5 Å². The fraction of sp³-hybridized carbons (Fsp3) is 0.333. The molecule has 0 spiro atoms. The van der Waals surface area contributed by atoms with Crippen LogP contribution in [0.2, 0.25) is 0 Å². The minimum Gasteiger partial charge on any atom is -0.486 e. The second kappa shape index (κ2) is 7.78. The maximum Gasteiger partial charge on any atom is 0.261 e. The molecular weight excluding hydrogens is 406 g/mol. The summed E-state index contributed by atoms with van der Waals surface area (Å²) >= 11 is 0. The number of hydrogen-bond acceptors (Lipinski definition) is 6. The Bertz CT molecular complexity index is 1420. The van der Waals surface area contributed by atoms with E-state index in [0.717, 1.165) is 30.6 Å². The van der Waals surface area contributed by atoms with Crippen molar-refractivity contribution in [2.75, 3.05) is 13.2 Å². The molecule has 0 atom stereocenters. The van der Waals surface area contributed by atoms with Gasteiger partial charge in [-0.15, -0.1) is 5.10 Å². The van der Waals surface area contributed by atoms with E-state index in [0.29, 0.717) is 48.0 Å². The molecule has 0 saturated heterocycles. The number of hydrogen-bond donors (Lipinski definition) is 0. The molecule has 4 heterocycles. The molecule has 4 aromatic rings. The molecule has 0 fully saturated rings. The molecular formula is C24H23N5O3. The van der Waals surface area contributed by atoms with E-state index in [1.807, 2.05) is 30.5 Å². The van der Waals surface area contributed by atoms with Gasteiger partial charge in [0.1, 0.15) is 13.2 Å². The summed E-state index contributed by atoms with van der Waals surface area (Å²) in [7, 11) is 0. The molecule has 2 aliphatic rings. The van der Waals surface area contributed by atoms with E-state index in [9.17, 15) is 4.79 Å². The molecule has 6 rings (SSSR count). The number of ether oxygens (including phenoxy) is 2. The van der Waals surface area contributed by atoms with Crippen molar-refractivity contribution in [2.24, 2.45) is 0 Å². The van der Waals surface area contributed by atoms with Crippen LogP contribution in [0.1, 0.15) is 32.1 Å². The first-order valence-electron chi connectivity index (χ1n) is 11.1. The zero-order valence-corrected chi connectivity index (χ0v) is 17.7. The molecule has 0 amide bonds. The Balaban J connectivity index is 1.36. The molecule has 0 radical (unpaired) electrons. The molecule has 1 aliphatic carbocycles. The van der Waals surface area contributed by atoms with Crippen molar-refractivity contribution in [1.82, 2.24) is 24.1 Å². The molecule has 0 saturated carbocycles. The predicted octanol–water partition coefficient (Wildman–Crippen LogP) is 3.77. The zero-order chi connectivity index (χ0) is 21.5. The third kappa shape index (κ3) is 3.32. The maximum atomic E-state index is 13.1. The second-order valence-electron chi connectivity index (χ2n) is 8.24. The second-order valence-corrected chi connectivity index (χ2v) is 8.24. The van der Waals surface area contributed by atoms with E-state index >= 15 is 0 Å². The molecule has 162 valence electrons. The lowest BCUT2D eigenvalue weighted by Gasteiger charge is -2.18. The van der Waals surface area contributed by atoms with Crippen molar-refractivity contribution in [3.05, 3.63) is 58.7 Å². The van der Waals surface area contributed by atoms with Crippen LogP contribution >= 0.6 is 0 Å². The lowest BCUT2D eigenvalue weighted by atomic mass is 9.97. The molecule has 3 aromatic heterocycles. The summed E-state index contributed by atoms with van der Waals surface area (Å²) in [6.45, 7) is 1.74. The van der Waals surface area contributed by atoms with Crippen LogP contribution < -0.4 is 15.0 Å². The predicted molar refractivity (Wildman–Crippen MR) is 120 cm³/mol. The highest BCUT2D eigenvalue weighted by Gasteiger charge is 2.17. The van der Waals surface area contributed by atoms with Gasteiger partial charge < -0.3 is 14.0 Å². The first-order valence-corrected chi connectivity index (χ1v) is 11.1. The van der Waals surface area contributed by atoms with Crippen LogP contribution in [0.4, 0.5) is 0 Å². The van der Waals surface area contributed by atoms with Crippen molar-refractivity contribution in [2.45, 2.75) is 38.6 Å². The zero-order valence-electron chi connectivity index (χ0n) is 17.7. The third-order valence-corrected chi connectivity index (χ3v) is 6.17. The van der Waals surface area contributed by atoms with Gasteiger partial charge in [0.05, 0.1) is 10.9 Å². The number of pyridine rings is 1. The third-order valence-electron chi connectivity index (χ3n) is 6.17. The number of benzene rings is 1. The van der Waals surface area contributed by atoms with Crippen molar-refractivity contribution in [3.8, 4) is 22.9 Å². The Morgan fingerprint density at radius 2 is 1.97 bits per heavy atom. The smallest absolute Gasteiger partial charge is 0.261 e. The number of aryl methyl sites for hydroxylation is 1. The van der Waals surface area contributed by atoms with E-state index in [1.54, 1.807) is 15.3 Å². The van der Waals surface area contributed by atoms with Crippen LogP contribution in [0, 0.1) is 0 Å². The first kappa shape index (κ1) is 19.0. The summed E-state index contributed by atoms with van der Waals surface area (Å²) in [4.78, 5) is 22.1. The summed E-state index contributed by atoms with van der Waals surface area (Å²) in [5.41, 5.74) is 2.91. The lowest BCUT2D eigenvalue weighted by Crippen LogP contribution is -2.21. The van der Waals surface area contributed by atoms with Gasteiger partial charge in [0.15, 0.2) is 17.3 Å². The molecule has 0 N–H and O–H groups in total. The van der Waals surface area contributed by atoms with Crippen LogP contribution in [-0.4, -0.2) is 37.4 Å². The number of nitrogens with zero attached hydrogens (tertiary/aromatic N) is 5.